The SMILES string of the molecule is OCC(O)CNC(c1ccccc1)c1ccc(F)cc1. The molecule has 106 valence electrons. The van der Waals surface area contributed by atoms with Crippen LogP contribution in [0.4, 0.5) is 4.39 Å². The Bertz CT molecular complexity index is 516. The number of hydrogen-bond donors (Lipinski definition) is 3. The second kappa shape index (κ2) is 7.14. The van der Waals surface area contributed by atoms with E-state index in [4.69, 9.17) is 5.11 Å². The standard InChI is InChI=1S/C16H18FNO2/c17-14-8-6-13(7-9-14)16(18-10-15(20)11-19)12-4-2-1-3-5-12/h1-9,15-16,18-20H,10-11H2. The molecule has 0 aliphatic rings. The van der Waals surface area contributed by atoms with Crippen molar-refractivity contribution < 1.29 is 14.6 Å². The van der Waals surface area contributed by atoms with Crippen LogP contribution in [0.15, 0.2) is 54.6 Å². The second-order valence-electron chi connectivity index (χ2n) is 4.64. The van der Waals surface area contributed by atoms with Gasteiger partial charge in [0.1, 0.15) is 5.82 Å². The van der Waals surface area contributed by atoms with Crippen LogP contribution in [0.3, 0.4) is 0 Å². The normalized spacial score (nSPS) is 13.9. The van der Waals surface area contributed by atoms with Crippen LogP contribution in [0, 0.1) is 5.82 Å². The molecule has 0 saturated carbocycles. The molecular formula is C16H18FNO2. The molecule has 0 bridgehead atoms. The first-order valence-corrected chi connectivity index (χ1v) is 6.53. The number of aliphatic hydroxyl groups is 2. The van der Waals surface area contributed by atoms with Crippen molar-refractivity contribution in [3.8, 4) is 0 Å². The Morgan fingerprint density at radius 3 is 2.15 bits per heavy atom. The van der Waals surface area contributed by atoms with Crippen molar-refractivity contribution >= 4 is 0 Å². The number of halogens is 1. The molecule has 0 radical (unpaired) electrons. The van der Waals surface area contributed by atoms with Gasteiger partial charge < -0.3 is 15.5 Å². The highest BCUT2D eigenvalue weighted by molar-refractivity contribution is 5.31. The van der Waals surface area contributed by atoms with E-state index >= 15 is 0 Å². The van der Waals surface area contributed by atoms with E-state index in [1.807, 2.05) is 30.3 Å². The van der Waals surface area contributed by atoms with Gasteiger partial charge in [-0.25, -0.2) is 4.39 Å². The summed E-state index contributed by atoms with van der Waals surface area (Å²) in [5.74, 6) is -0.282. The highest BCUT2D eigenvalue weighted by Gasteiger charge is 2.15. The fourth-order valence-electron chi connectivity index (χ4n) is 2.05. The largest absolute Gasteiger partial charge is 0.394 e. The highest BCUT2D eigenvalue weighted by Crippen LogP contribution is 2.22. The van der Waals surface area contributed by atoms with Gasteiger partial charge in [-0.2, -0.15) is 0 Å². The van der Waals surface area contributed by atoms with Crippen molar-refractivity contribution in [2.75, 3.05) is 13.2 Å². The summed E-state index contributed by atoms with van der Waals surface area (Å²) in [7, 11) is 0. The van der Waals surface area contributed by atoms with Gasteiger partial charge >= 0.3 is 0 Å². The lowest BCUT2D eigenvalue weighted by atomic mass is 9.98. The number of rotatable bonds is 6. The first-order chi connectivity index (χ1) is 9.70. The summed E-state index contributed by atoms with van der Waals surface area (Å²) in [6, 6.07) is 15.8. The Morgan fingerprint density at radius 1 is 0.950 bits per heavy atom. The monoisotopic (exact) mass is 275 g/mol. The molecule has 2 aromatic carbocycles. The van der Waals surface area contributed by atoms with Crippen LogP contribution in [-0.4, -0.2) is 29.5 Å². The van der Waals surface area contributed by atoms with Crippen LogP contribution < -0.4 is 5.32 Å². The van der Waals surface area contributed by atoms with Gasteiger partial charge in [-0.1, -0.05) is 42.5 Å². The maximum Gasteiger partial charge on any atom is 0.123 e. The molecule has 20 heavy (non-hydrogen) atoms. The minimum atomic E-state index is -0.818. The van der Waals surface area contributed by atoms with E-state index in [1.165, 1.54) is 12.1 Å². The molecule has 0 spiro atoms. The molecule has 0 aliphatic heterocycles. The Hall–Kier alpha value is -1.75. The molecule has 0 fully saturated rings. The van der Waals surface area contributed by atoms with Gasteiger partial charge in [-0.05, 0) is 23.3 Å². The van der Waals surface area contributed by atoms with Crippen molar-refractivity contribution in [3.05, 3.63) is 71.5 Å². The predicted molar refractivity (Wildman–Crippen MR) is 75.8 cm³/mol. The van der Waals surface area contributed by atoms with Crippen molar-refractivity contribution in [1.82, 2.24) is 5.32 Å². The molecule has 0 aromatic heterocycles. The van der Waals surface area contributed by atoms with E-state index in [0.717, 1.165) is 11.1 Å². The summed E-state index contributed by atoms with van der Waals surface area (Å²) in [5.41, 5.74) is 1.92. The van der Waals surface area contributed by atoms with Gasteiger partial charge in [0.05, 0.1) is 18.8 Å². The zero-order valence-electron chi connectivity index (χ0n) is 11.0. The lowest BCUT2D eigenvalue weighted by molar-refractivity contribution is 0.0929. The molecule has 3 N–H and O–H groups in total. The molecule has 0 amide bonds. The summed E-state index contributed by atoms with van der Waals surface area (Å²) in [5, 5.41) is 21.5. The predicted octanol–water partition coefficient (Wildman–Crippen LogP) is 1.86. The Kier molecular flexibility index (Phi) is 5.24. The van der Waals surface area contributed by atoms with Crippen LogP contribution in [0.5, 0.6) is 0 Å². The summed E-state index contributed by atoms with van der Waals surface area (Å²) in [6.07, 6.45) is -0.818. The van der Waals surface area contributed by atoms with Gasteiger partial charge in [0.25, 0.3) is 0 Å². The number of aliphatic hydroxyl groups excluding tert-OH is 2. The third-order valence-electron chi connectivity index (χ3n) is 3.10. The van der Waals surface area contributed by atoms with Crippen LogP contribution in [-0.2, 0) is 0 Å². The molecule has 4 heteroatoms. The molecule has 0 aliphatic carbocycles. The lowest BCUT2D eigenvalue weighted by Gasteiger charge is -2.21. The van der Waals surface area contributed by atoms with Gasteiger partial charge in [-0.15, -0.1) is 0 Å². The Morgan fingerprint density at radius 2 is 1.55 bits per heavy atom. The van der Waals surface area contributed by atoms with Crippen molar-refractivity contribution in [3.63, 3.8) is 0 Å². The molecular weight excluding hydrogens is 257 g/mol. The van der Waals surface area contributed by atoms with Crippen LogP contribution in [0.1, 0.15) is 17.2 Å². The third kappa shape index (κ3) is 3.87. The summed E-state index contributed by atoms with van der Waals surface area (Å²) in [6.45, 7) is -0.0363. The van der Waals surface area contributed by atoms with Gasteiger partial charge in [0, 0.05) is 6.54 Å². The number of nitrogens with one attached hydrogen (secondary N) is 1. The van der Waals surface area contributed by atoms with Crippen molar-refractivity contribution in [2.45, 2.75) is 12.1 Å². The first-order valence-electron chi connectivity index (χ1n) is 6.53. The maximum absolute atomic E-state index is 13.0. The van der Waals surface area contributed by atoms with E-state index in [0.29, 0.717) is 0 Å². The summed E-state index contributed by atoms with van der Waals surface area (Å²) < 4.78 is 13.0. The van der Waals surface area contributed by atoms with Crippen molar-refractivity contribution in [1.29, 1.82) is 0 Å². The second-order valence-corrected chi connectivity index (χ2v) is 4.64. The molecule has 2 rings (SSSR count). The Balaban J connectivity index is 2.22. The van der Waals surface area contributed by atoms with Crippen LogP contribution >= 0.6 is 0 Å². The average Bonchev–Trinajstić information content (AvgIpc) is 2.50. The molecule has 3 nitrogen and oxygen atoms in total. The van der Waals surface area contributed by atoms with Gasteiger partial charge in [0.15, 0.2) is 0 Å². The fourth-order valence-corrected chi connectivity index (χ4v) is 2.05. The van der Waals surface area contributed by atoms with Gasteiger partial charge in [0.2, 0.25) is 0 Å². The smallest absolute Gasteiger partial charge is 0.123 e. The molecule has 2 unspecified atom stereocenters. The fraction of sp³-hybridized carbons (Fsp3) is 0.250. The zero-order chi connectivity index (χ0) is 14.4. The topological polar surface area (TPSA) is 52.5 Å². The minimum Gasteiger partial charge on any atom is -0.394 e. The van der Waals surface area contributed by atoms with Crippen molar-refractivity contribution in [2.24, 2.45) is 0 Å². The molecule has 0 heterocycles. The van der Waals surface area contributed by atoms with E-state index in [2.05, 4.69) is 5.32 Å². The molecule has 2 aromatic rings. The van der Waals surface area contributed by atoms with Gasteiger partial charge in [-0.3, -0.25) is 0 Å². The number of benzene rings is 2. The minimum absolute atomic E-state index is 0.155. The van der Waals surface area contributed by atoms with E-state index in [-0.39, 0.29) is 25.0 Å². The maximum atomic E-state index is 13.0. The van der Waals surface area contributed by atoms with Crippen LogP contribution in [0.25, 0.3) is 0 Å². The summed E-state index contributed by atoms with van der Waals surface area (Å²) in [4.78, 5) is 0. The molecule has 2 atom stereocenters. The van der Waals surface area contributed by atoms with E-state index in [9.17, 15) is 9.50 Å². The van der Waals surface area contributed by atoms with E-state index in [1.54, 1.807) is 12.1 Å². The average molecular weight is 275 g/mol. The summed E-state index contributed by atoms with van der Waals surface area (Å²) >= 11 is 0. The van der Waals surface area contributed by atoms with E-state index < -0.39 is 6.10 Å². The lowest BCUT2D eigenvalue weighted by Crippen LogP contribution is -2.32. The molecule has 0 saturated heterocycles. The van der Waals surface area contributed by atoms with Crippen LogP contribution in [0.2, 0.25) is 0 Å². The first kappa shape index (κ1) is 14.7. The highest BCUT2D eigenvalue weighted by atomic mass is 19.1. The third-order valence-corrected chi connectivity index (χ3v) is 3.10. The number of hydrogen-bond acceptors (Lipinski definition) is 3. The quantitative estimate of drug-likeness (QED) is 0.754. The zero-order valence-corrected chi connectivity index (χ0v) is 11.0. The Labute approximate surface area is 117 Å².